The number of fused-ring (bicyclic) bond motifs is 2. The van der Waals surface area contributed by atoms with Gasteiger partial charge in [-0.1, -0.05) is 19.9 Å². The third-order valence-corrected chi connectivity index (χ3v) is 6.88. The van der Waals surface area contributed by atoms with Gasteiger partial charge in [0.25, 0.3) is 5.91 Å². The number of nitrogens with zero attached hydrogens (tertiary/aromatic N) is 1. The predicted octanol–water partition coefficient (Wildman–Crippen LogP) is 3.30. The van der Waals surface area contributed by atoms with E-state index >= 15 is 0 Å². The fourth-order valence-corrected chi connectivity index (χ4v) is 5.16. The van der Waals surface area contributed by atoms with Gasteiger partial charge in [0.1, 0.15) is 13.2 Å². The maximum Gasteiger partial charge on any atom is 0.251 e. The smallest absolute Gasteiger partial charge is 0.251 e. The molecule has 166 valence electrons. The number of anilines is 1. The summed E-state index contributed by atoms with van der Waals surface area (Å²) in [4.78, 5) is 13.1. The first kappa shape index (κ1) is 21.5. The first-order chi connectivity index (χ1) is 14.7. The van der Waals surface area contributed by atoms with Gasteiger partial charge in [0, 0.05) is 12.1 Å². The van der Waals surface area contributed by atoms with Crippen molar-refractivity contribution in [2.75, 3.05) is 30.3 Å². The molecule has 31 heavy (non-hydrogen) atoms. The van der Waals surface area contributed by atoms with Crippen molar-refractivity contribution < 1.29 is 22.7 Å². The van der Waals surface area contributed by atoms with Crippen molar-refractivity contribution in [3.63, 3.8) is 0 Å². The van der Waals surface area contributed by atoms with E-state index < -0.39 is 10.0 Å². The summed E-state index contributed by atoms with van der Waals surface area (Å²) in [5, 5.41) is 3.14. The quantitative estimate of drug-likeness (QED) is 0.765. The Balaban J connectivity index is 1.58. The van der Waals surface area contributed by atoms with Crippen molar-refractivity contribution in [3.8, 4) is 11.5 Å². The second kappa shape index (κ2) is 8.42. The number of nitrogens with one attached hydrogen (secondary N) is 1. The Labute approximate surface area is 183 Å². The van der Waals surface area contributed by atoms with Crippen molar-refractivity contribution in [2.24, 2.45) is 5.92 Å². The van der Waals surface area contributed by atoms with Gasteiger partial charge in [0.15, 0.2) is 11.5 Å². The molecule has 4 rings (SSSR count). The fourth-order valence-electron chi connectivity index (χ4n) is 4.16. The molecular formula is C23H28N2O5S. The molecule has 2 aliphatic rings. The molecule has 1 atom stereocenters. The molecule has 8 heteroatoms. The number of sulfonamides is 1. The SMILES string of the molecule is CC(C)C(NC(=O)c1ccc2c(c1)CCCN2S(C)(=O)=O)c1ccc2c(c1)OCCO2. The van der Waals surface area contributed by atoms with Crippen molar-refractivity contribution in [1.82, 2.24) is 5.32 Å². The highest BCUT2D eigenvalue weighted by molar-refractivity contribution is 7.92. The van der Waals surface area contributed by atoms with Crippen molar-refractivity contribution in [2.45, 2.75) is 32.7 Å². The molecule has 0 saturated carbocycles. The average Bonchev–Trinajstić information content (AvgIpc) is 2.75. The molecule has 7 nitrogen and oxygen atoms in total. The van der Waals surface area contributed by atoms with Crippen LogP contribution < -0.4 is 19.1 Å². The Bertz CT molecular complexity index is 1100. The number of aryl methyl sites for hydroxylation is 1. The molecule has 0 bridgehead atoms. The summed E-state index contributed by atoms with van der Waals surface area (Å²) >= 11 is 0. The van der Waals surface area contributed by atoms with Crippen LogP contribution in [0.5, 0.6) is 11.5 Å². The lowest BCUT2D eigenvalue weighted by Crippen LogP contribution is -2.35. The third kappa shape index (κ3) is 4.49. The van der Waals surface area contributed by atoms with E-state index in [-0.39, 0.29) is 17.9 Å². The van der Waals surface area contributed by atoms with Crippen LogP contribution in [-0.4, -0.2) is 40.3 Å². The molecule has 0 aromatic heterocycles. The molecule has 0 radical (unpaired) electrons. The van der Waals surface area contributed by atoms with Gasteiger partial charge in [-0.25, -0.2) is 8.42 Å². The topological polar surface area (TPSA) is 84.9 Å². The summed E-state index contributed by atoms with van der Waals surface area (Å²) < 4.78 is 36.9. The summed E-state index contributed by atoms with van der Waals surface area (Å²) in [7, 11) is -3.34. The van der Waals surface area contributed by atoms with Crippen LogP contribution in [0.3, 0.4) is 0 Å². The lowest BCUT2D eigenvalue weighted by molar-refractivity contribution is 0.0925. The maximum atomic E-state index is 13.1. The molecule has 2 aromatic carbocycles. The molecule has 1 N–H and O–H groups in total. The van der Waals surface area contributed by atoms with Crippen LogP contribution in [0.1, 0.15) is 47.8 Å². The number of ether oxygens (including phenoxy) is 2. The Kier molecular flexibility index (Phi) is 5.83. The highest BCUT2D eigenvalue weighted by atomic mass is 32.2. The van der Waals surface area contributed by atoms with Crippen molar-refractivity contribution >= 4 is 21.6 Å². The number of carbonyl (C=O) groups excluding carboxylic acids is 1. The first-order valence-corrected chi connectivity index (χ1v) is 12.4. The van der Waals surface area contributed by atoms with E-state index in [1.165, 1.54) is 10.6 Å². The molecule has 2 heterocycles. The standard InChI is InChI=1S/C23H28N2O5S/c1-15(2)22(17-7-9-20-21(14-17)30-12-11-29-20)24-23(26)18-6-8-19-16(13-18)5-4-10-25(19)31(3,27)28/h6-9,13-15,22H,4-5,10-12H2,1-3H3,(H,24,26). The zero-order valence-electron chi connectivity index (χ0n) is 18.1. The molecule has 0 fully saturated rings. The Morgan fingerprint density at radius 2 is 1.81 bits per heavy atom. The van der Waals surface area contributed by atoms with E-state index in [1.807, 2.05) is 24.3 Å². The zero-order valence-corrected chi connectivity index (χ0v) is 18.9. The zero-order chi connectivity index (χ0) is 22.2. The monoisotopic (exact) mass is 444 g/mol. The molecule has 0 spiro atoms. The summed E-state index contributed by atoms with van der Waals surface area (Å²) in [5.41, 5.74) is 3.02. The predicted molar refractivity (Wildman–Crippen MR) is 119 cm³/mol. The number of hydrogen-bond donors (Lipinski definition) is 1. The minimum Gasteiger partial charge on any atom is -0.486 e. The van der Waals surface area contributed by atoms with Crippen molar-refractivity contribution in [3.05, 3.63) is 53.1 Å². The summed E-state index contributed by atoms with van der Waals surface area (Å²) in [5.74, 6) is 1.38. The molecule has 0 aliphatic carbocycles. The molecule has 1 amide bonds. The normalized spacial score (nSPS) is 16.6. The second-order valence-electron chi connectivity index (χ2n) is 8.38. The van der Waals surface area contributed by atoms with Gasteiger partial charge in [0.2, 0.25) is 10.0 Å². The summed E-state index contributed by atoms with van der Waals surface area (Å²) in [6.07, 6.45) is 2.69. The number of amides is 1. The van der Waals surface area contributed by atoms with Crippen LogP contribution in [0.2, 0.25) is 0 Å². The fraction of sp³-hybridized carbons (Fsp3) is 0.435. The molecule has 0 saturated heterocycles. The van der Waals surface area contributed by atoms with Gasteiger partial charge in [-0.05, 0) is 60.2 Å². The van der Waals surface area contributed by atoms with E-state index in [0.717, 1.165) is 24.0 Å². The van der Waals surface area contributed by atoms with E-state index in [0.29, 0.717) is 42.5 Å². The van der Waals surface area contributed by atoms with Gasteiger partial charge in [-0.3, -0.25) is 9.10 Å². The number of hydrogen-bond acceptors (Lipinski definition) is 5. The van der Waals surface area contributed by atoms with Crippen LogP contribution >= 0.6 is 0 Å². The van der Waals surface area contributed by atoms with Crippen molar-refractivity contribution in [1.29, 1.82) is 0 Å². The second-order valence-corrected chi connectivity index (χ2v) is 10.3. The average molecular weight is 445 g/mol. The minimum atomic E-state index is -3.34. The lowest BCUT2D eigenvalue weighted by Gasteiger charge is -2.29. The summed E-state index contributed by atoms with van der Waals surface area (Å²) in [6, 6.07) is 10.8. The van der Waals surface area contributed by atoms with Gasteiger partial charge >= 0.3 is 0 Å². The van der Waals surface area contributed by atoms with Crippen LogP contribution in [0, 0.1) is 5.92 Å². The first-order valence-electron chi connectivity index (χ1n) is 10.5. The van der Waals surface area contributed by atoms with E-state index in [9.17, 15) is 13.2 Å². The molecule has 2 aromatic rings. The lowest BCUT2D eigenvalue weighted by atomic mass is 9.94. The number of carbonyl (C=O) groups is 1. The molecule has 2 aliphatic heterocycles. The van der Waals surface area contributed by atoms with Crippen LogP contribution in [0.4, 0.5) is 5.69 Å². The van der Waals surface area contributed by atoms with Crippen LogP contribution in [0.25, 0.3) is 0 Å². The number of rotatable bonds is 5. The van der Waals surface area contributed by atoms with Crippen LogP contribution in [0.15, 0.2) is 36.4 Å². The van der Waals surface area contributed by atoms with Gasteiger partial charge in [0.05, 0.1) is 18.0 Å². The van der Waals surface area contributed by atoms with Crippen LogP contribution in [-0.2, 0) is 16.4 Å². The third-order valence-electron chi connectivity index (χ3n) is 5.70. The highest BCUT2D eigenvalue weighted by Gasteiger charge is 2.26. The molecular weight excluding hydrogens is 416 g/mol. The summed E-state index contributed by atoms with van der Waals surface area (Å²) in [6.45, 7) is 5.62. The Hall–Kier alpha value is -2.74. The van der Waals surface area contributed by atoms with Gasteiger partial charge in [-0.2, -0.15) is 0 Å². The van der Waals surface area contributed by atoms with Gasteiger partial charge in [-0.15, -0.1) is 0 Å². The van der Waals surface area contributed by atoms with E-state index in [2.05, 4.69) is 19.2 Å². The largest absolute Gasteiger partial charge is 0.486 e. The Morgan fingerprint density at radius 3 is 2.52 bits per heavy atom. The highest BCUT2D eigenvalue weighted by Crippen LogP contribution is 2.35. The minimum absolute atomic E-state index is 0.157. The van der Waals surface area contributed by atoms with E-state index in [4.69, 9.17) is 9.47 Å². The maximum absolute atomic E-state index is 13.1. The van der Waals surface area contributed by atoms with E-state index in [1.54, 1.807) is 12.1 Å². The Morgan fingerprint density at radius 1 is 1.06 bits per heavy atom. The number of benzene rings is 2. The van der Waals surface area contributed by atoms with Gasteiger partial charge < -0.3 is 14.8 Å². The molecule has 1 unspecified atom stereocenters.